The van der Waals surface area contributed by atoms with Gasteiger partial charge in [0.05, 0.1) is 21.1 Å². The highest BCUT2D eigenvalue weighted by Gasteiger charge is 2.16. The zero-order valence-electron chi connectivity index (χ0n) is 11.4. The maximum absolute atomic E-state index is 5.12. The Morgan fingerprint density at radius 1 is 1.37 bits per heavy atom. The molecule has 2 aromatic heterocycles. The molecule has 0 aliphatic heterocycles. The quantitative estimate of drug-likeness (QED) is 0.797. The van der Waals surface area contributed by atoms with Gasteiger partial charge in [0.2, 0.25) is 0 Å². The van der Waals surface area contributed by atoms with Crippen LogP contribution in [-0.2, 0) is 0 Å². The summed E-state index contributed by atoms with van der Waals surface area (Å²) < 4.78 is 6.22. The highest BCUT2D eigenvalue weighted by molar-refractivity contribution is 14.1. The molecule has 2 heterocycles. The molecule has 0 saturated heterocycles. The third-order valence-corrected chi connectivity index (χ3v) is 3.81. The van der Waals surface area contributed by atoms with Crippen LogP contribution in [0.25, 0.3) is 11.4 Å². The molecule has 0 unspecified atom stereocenters. The van der Waals surface area contributed by atoms with Gasteiger partial charge >= 0.3 is 0 Å². The van der Waals surface area contributed by atoms with E-state index in [1.807, 2.05) is 6.07 Å². The van der Waals surface area contributed by atoms with Crippen LogP contribution in [0.3, 0.4) is 0 Å². The molecule has 5 heteroatoms. The predicted octanol–water partition coefficient (Wildman–Crippen LogP) is 4.29. The minimum absolute atomic E-state index is 0.364. The number of rotatable bonds is 5. The van der Waals surface area contributed by atoms with Gasteiger partial charge in [-0.25, -0.2) is 9.97 Å². The van der Waals surface area contributed by atoms with Crippen LogP contribution in [-0.4, -0.2) is 16.5 Å². The third kappa shape index (κ3) is 3.26. The van der Waals surface area contributed by atoms with E-state index in [0.717, 1.165) is 39.4 Å². The molecule has 0 aromatic carbocycles. The first-order chi connectivity index (χ1) is 9.13. The van der Waals surface area contributed by atoms with Crippen molar-refractivity contribution in [2.45, 2.75) is 33.1 Å². The van der Waals surface area contributed by atoms with Gasteiger partial charge in [-0.15, -0.1) is 0 Å². The zero-order chi connectivity index (χ0) is 13.8. The smallest absolute Gasteiger partial charge is 0.165 e. The fourth-order valence-corrected chi connectivity index (χ4v) is 2.78. The summed E-state index contributed by atoms with van der Waals surface area (Å²) in [6, 6.07) is 1.88. The average Bonchev–Trinajstić information content (AvgIpc) is 2.91. The van der Waals surface area contributed by atoms with Crippen molar-refractivity contribution in [3.05, 3.63) is 27.9 Å². The molecule has 0 radical (unpaired) electrons. The summed E-state index contributed by atoms with van der Waals surface area (Å²) in [4.78, 5) is 9.27. The molecule has 2 aromatic rings. The van der Waals surface area contributed by atoms with E-state index in [0.29, 0.717) is 5.92 Å². The zero-order valence-corrected chi connectivity index (χ0v) is 13.6. The van der Waals surface area contributed by atoms with E-state index in [1.54, 1.807) is 12.5 Å². The summed E-state index contributed by atoms with van der Waals surface area (Å²) in [5, 5.41) is 3.37. The van der Waals surface area contributed by atoms with Crippen molar-refractivity contribution in [2.75, 3.05) is 11.9 Å². The highest BCUT2D eigenvalue weighted by Crippen LogP contribution is 2.28. The van der Waals surface area contributed by atoms with Crippen molar-refractivity contribution in [2.24, 2.45) is 0 Å². The molecule has 0 saturated carbocycles. The lowest BCUT2D eigenvalue weighted by molar-refractivity contribution is 0.568. The summed E-state index contributed by atoms with van der Waals surface area (Å²) in [7, 11) is 0. The van der Waals surface area contributed by atoms with Crippen LogP contribution < -0.4 is 5.32 Å². The number of furan rings is 1. The molecule has 0 amide bonds. The summed E-state index contributed by atoms with van der Waals surface area (Å²) in [5.41, 5.74) is 1.99. The molecule has 19 heavy (non-hydrogen) atoms. The Hall–Kier alpha value is -1.11. The molecule has 0 atom stereocenters. The van der Waals surface area contributed by atoms with E-state index < -0.39 is 0 Å². The standard InChI is InChI=1S/C14H18IN3O/c1-4-6-16-14-11(15)12(9(2)3)17-13(18-14)10-5-7-19-8-10/h5,7-9H,4,6H2,1-3H3,(H,16,17,18). The minimum atomic E-state index is 0.364. The van der Waals surface area contributed by atoms with Gasteiger partial charge in [-0.2, -0.15) is 0 Å². The maximum Gasteiger partial charge on any atom is 0.165 e. The van der Waals surface area contributed by atoms with Gasteiger partial charge in [0.15, 0.2) is 5.82 Å². The Balaban J connectivity index is 2.47. The van der Waals surface area contributed by atoms with Crippen LogP contribution in [0.4, 0.5) is 5.82 Å². The van der Waals surface area contributed by atoms with Crippen molar-refractivity contribution in [1.29, 1.82) is 0 Å². The molecular weight excluding hydrogens is 353 g/mol. The summed E-state index contributed by atoms with van der Waals surface area (Å²) in [6.45, 7) is 7.34. The molecule has 2 rings (SSSR count). The van der Waals surface area contributed by atoms with E-state index in [-0.39, 0.29) is 0 Å². The Bertz CT molecular complexity index is 538. The summed E-state index contributed by atoms with van der Waals surface area (Å²) in [6.07, 6.45) is 4.39. The van der Waals surface area contributed by atoms with Crippen molar-refractivity contribution in [3.63, 3.8) is 0 Å². The number of nitrogens with zero attached hydrogens (tertiary/aromatic N) is 2. The second kappa shape index (κ2) is 6.36. The van der Waals surface area contributed by atoms with E-state index in [2.05, 4.69) is 58.6 Å². The molecular formula is C14H18IN3O. The van der Waals surface area contributed by atoms with Crippen LogP contribution in [0.1, 0.15) is 38.8 Å². The highest BCUT2D eigenvalue weighted by atomic mass is 127. The minimum Gasteiger partial charge on any atom is -0.472 e. The monoisotopic (exact) mass is 371 g/mol. The Morgan fingerprint density at radius 3 is 2.74 bits per heavy atom. The van der Waals surface area contributed by atoms with Crippen LogP contribution >= 0.6 is 22.6 Å². The SMILES string of the molecule is CCCNc1nc(-c2ccoc2)nc(C(C)C)c1I. The third-order valence-electron chi connectivity index (χ3n) is 2.75. The largest absolute Gasteiger partial charge is 0.472 e. The number of hydrogen-bond acceptors (Lipinski definition) is 4. The van der Waals surface area contributed by atoms with Crippen molar-refractivity contribution in [3.8, 4) is 11.4 Å². The second-order valence-electron chi connectivity index (χ2n) is 4.69. The van der Waals surface area contributed by atoms with Gasteiger partial charge in [0.25, 0.3) is 0 Å². The Labute approximate surface area is 127 Å². The molecule has 0 aliphatic carbocycles. The predicted molar refractivity (Wildman–Crippen MR) is 85.3 cm³/mol. The van der Waals surface area contributed by atoms with E-state index >= 15 is 0 Å². The molecule has 0 fully saturated rings. The van der Waals surface area contributed by atoms with Crippen LogP contribution in [0.2, 0.25) is 0 Å². The number of hydrogen-bond donors (Lipinski definition) is 1. The molecule has 0 spiro atoms. The lowest BCUT2D eigenvalue weighted by Gasteiger charge is -2.14. The topological polar surface area (TPSA) is 51.0 Å². The van der Waals surface area contributed by atoms with Crippen LogP contribution in [0.15, 0.2) is 23.0 Å². The normalized spacial score (nSPS) is 11.0. The molecule has 0 aliphatic rings. The van der Waals surface area contributed by atoms with Crippen molar-refractivity contribution >= 4 is 28.4 Å². The molecule has 1 N–H and O–H groups in total. The number of halogens is 1. The average molecular weight is 371 g/mol. The second-order valence-corrected chi connectivity index (χ2v) is 5.77. The fourth-order valence-electron chi connectivity index (χ4n) is 1.73. The first-order valence-electron chi connectivity index (χ1n) is 6.47. The molecule has 102 valence electrons. The van der Waals surface area contributed by atoms with Gasteiger partial charge in [-0.1, -0.05) is 20.8 Å². The van der Waals surface area contributed by atoms with E-state index in [9.17, 15) is 0 Å². The lowest BCUT2D eigenvalue weighted by atomic mass is 10.1. The van der Waals surface area contributed by atoms with Gasteiger partial charge in [0, 0.05) is 6.54 Å². The number of nitrogens with one attached hydrogen (secondary N) is 1. The Kier molecular flexibility index (Phi) is 4.79. The summed E-state index contributed by atoms with van der Waals surface area (Å²) in [5.74, 6) is 2.00. The number of anilines is 1. The first-order valence-corrected chi connectivity index (χ1v) is 7.55. The van der Waals surface area contributed by atoms with Gasteiger partial charge in [0.1, 0.15) is 12.1 Å². The number of aromatic nitrogens is 2. The lowest BCUT2D eigenvalue weighted by Crippen LogP contribution is -2.09. The summed E-state index contributed by atoms with van der Waals surface area (Å²) >= 11 is 2.32. The van der Waals surface area contributed by atoms with E-state index in [1.165, 1.54) is 0 Å². The first kappa shape index (κ1) is 14.3. The van der Waals surface area contributed by atoms with Crippen LogP contribution in [0.5, 0.6) is 0 Å². The van der Waals surface area contributed by atoms with Crippen LogP contribution in [0, 0.1) is 3.57 Å². The van der Waals surface area contributed by atoms with Gasteiger partial charge in [-0.05, 0) is 41.0 Å². The molecule has 0 bridgehead atoms. The maximum atomic E-state index is 5.12. The van der Waals surface area contributed by atoms with E-state index in [4.69, 9.17) is 4.42 Å². The van der Waals surface area contributed by atoms with Gasteiger partial charge < -0.3 is 9.73 Å². The Morgan fingerprint density at radius 2 is 2.16 bits per heavy atom. The molecule has 4 nitrogen and oxygen atoms in total. The van der Waals surface area contributed by atoms with Gasteiger partial charge in [-0.3, -0.25) is 0 Å². The van der Waals surface area contributed by atoms with Crippen molar-refractivity contribution in [1.82, 2.24) is 9.97 Å². The fraction of sp³-hybridized carbons (Fsp3) is 0.429. The van der Waals surface area contributed by atoms with Crippen molar-refractivity contribution < 1.29 is 4.42 Å².